The van der Waals surface area contributed by atoms with Crippen LogP contribution >= 0.6 is 0 Å². The number of amides is 1. The van der Waals surface area contributed by atoms with Gasteiger partial charge in [0, 0.05) is 64.7 Å². The second-order valence-electron chi connectivity index (χ2n) is 9.93. The highest BCUT2D eigenvalue weighted by Gasteiger charge is 2.21. The predicted molar refractivity (Wildman–Crippen MR) is 140 cm³/mol. The maximum atomic E-state index is 12.3. The average Bonchev–Trinajstić information content (AvgIpc) is 3.34. The van der Waals surface area contributed by atoms with Crippen molar-refractivity contribution in [2.24, 2.45) is 0 Å². The van der Waals surface area contributed by atoms with Gasteiger partial charge in [0.05, 0.1) is 17.6 Å². The van der Waals surface area contributed by atoms with Crippen LogP contribution < -0.4 is 5.32 Å². The zero-order valence-electron chi connectivity index (χ0n) is 21.2. The number of hydrogen-bond acceptors (Lipinski definition) is 7. The number of ether oxygens (including phenoxy) is 1. The first-order valence-electron chi connectivity index (χ1n) is 13.2. The van der Waals surface area contributed by atoms with E-state index in [4.69, 9.17) is 9.72 Å². The van der Waals surface area contributed by atoms with E-state index in [1.807, 2.05) is 17.3 Å². The summed E-state index contributed by atoms with van der Waals surface area (Å²) >= 11 is 0. The summed E-state index contributed by atoms with van der Waals surface area (Å²) in [4.78, 5) is 26.0. The van der Waals surface area contributed by atoms with E-state index in [2.05, 4.69) is 49.2 Å². The summed E-state index contributed by atoms with van der Waals surface area (Å²) in [6.07, 6.45) is 11.3. The number of benzene rings is 1. The van der Waals surface area contributed by atoms with Crippen LogP contribution in [-0.4, -0.2) is 75.4 Å². The average molecular weight is 492 g/mol. The molecule has 0 unspecified atom stereocenters. The van der Waals surface area contributed by atoms with Gasteiger partial charge in [0.15, 0.2) is 5.65 Å². The minimum atomic E-state index is 0.240. The monoisotopic (exact) mass is 491 g/mol. The van der Waals surface area contributed by atoms with E-state index >= 15 is 0 Å². The van der Waals surface area contributed by atoms with Crippen LogP contribution in [-0.2, 0) is 16.1 Å². The zero-order valence-corrected chi connectivity index (χ0v) is 21.2. The molecule has 2 aliphatic rings. The zero-order chi connectivity index (χ0) is 24.7. The number of carbonyl (C=O) groups excluding carboxylic acids is 1. The lowest BCUT2D eigenvalue weighted by Gasteiger charge is -2.34. The largest absolute Gasteiger partial charge is 0.385 e. The van der Waals surface area contributed by atoms with Gasteiger partial charge < -0.3 is 15.0 Å². The Kier molecular flexibility index (Phi) is 8.08. The van der Waals surface area contributed by atoms with Crippen LogP contribution in [0.15, 0.2) is 36.7 Å². The van der Waals surface area contributed by atoms with Crippen molar-refractivity contribution in [1.29, 1.82) is 0 Å². The summed E-state index contributed by atoms with van der Waals surface area (Å²) in [5.41, 5.74) is 3.13. The van der Waals surface area contributed by atoms with Crippen molar-refractivity contribution in [3.63, 3.8) is 0 Å². The van der Waals surface area contributed by atoms with E-state index in [-0.39, 0.29) is 5.91 Å². The summed E-state index contributed by atoms with van der Waals surface area (Å²) in [5.74, 6) is 0.837. The van der Waals surface area contributed by atoms with Crippen LogP contribution in [0.5, 0.6) is 0 Å². The molecule has 0 atom stereocenters. The molecule has 9 heteroatoms. The molecule has 9 nitrogen and oxygen atoms in total. The van der Waals surface area contributed by atoms with Crippen molar-refractivity contribution in [3.8, 4) is 0 Å². The van der Waals surface area contributed by atoms with E-state index in [1.54, 1.807) is 7.11 Å². The van der Waals surface area contributed by atoms with Crippen LogP contribution in [0.2, 0.25) is 0 Å². The van der Waals surface area contributed by atoms with Crippen LogP contribution in [0.3, 0.4) is 0 Å². The number of nitrogens with zero attached hydrogens (tertiary/aromatic N) is 6. The SMILES string of the molecule is COCCCC(=O)N1CCN(Cc2ccc(Nc3ncc4cnn(C5CCCCC5)c4n3)cc2)CC1. The summed E-state index contributed by atoms with van der Waals surface area (Å²) < 4.78 is 7.15. The maximum Gasteiger partial charge on any atom is 0.229 e. The smallest absolute Gasteiger partial charge is 0.229 e. The van der Waals surface area contributed by atoms with Gasteiger partial charge in [-0.15, -0.1) is 0 Å². The van der Waals surface area contributed by atoms with Crippen LogP contribution in [0.1, 0.15) is 56.6 Å². The van der Waals surface area contributed by atoms with Gasteiger partial charge in [-0.3, -0.25) is 9.69 Å². The Morgan fingerprint density at radius 3 is 2.58 bits per heavy atom. The van der Waals surface area contributed by atoms with Crippen molar-refractivity contribution in [2.75, 3.05) is 45.2 Å². The van der Waals surface area contributed by atoms with Crippen molar-refractivity contribution in [1.82, 2.24) is 29.5 Å². The molecule has 1 saturated carbocycles. The first kappa shape index (κ1) is 24.6. The molecule has 36 heavy (non-hydrogen) atoms. The number of anilines is 2. The minimum absolute atomic E-state index is 0.240. The van der Waals surface area contributed by atoms with E-state index in [0.717, 1.165) is 55.9 Å². The summed E-state index contributed by atoms with van der Waals surface area (Å²) in [7, 11) is 1.67. The summed E-state index contributed by atoms with van der Waals surface area (Å²) in [6, 6.07) is 8.90. The summed E-state index contributed by atoms with van der Waals surface area (Å²) in [5, 5.41) is 8.96. The molecule has 1 aliphatic carbocycles. The Bertz CT molecular complexity index is 1130. The number of carbonyl (C=O) groups is 1. The van der Waals surface area contributed by atoms with E-state index in [1.165, 1.54) is 37.7 Å². The molecule has 1 saturated heterocycles. The number of hydrogen-bond donors (Lipinski definition) is 1. The molecule has 0 spiro atoms. The molecular formula is C27H37N7O2. The number of methoxy groups -OCH3 is 1. The number of nitrogens with one attached hydrogen (secondary N) is 1. The molecule has 0 radical (unpaired) electrons. The third-order valence-corrected chi connectivity index (χ3v) is 7.34. The first-order chi connectivity index (χ1) is 17.7. The Morgan fingerprint density at radius 2 is 1.83 bits per heavy atom. The second-order valence-corrected chi connectivity index (χ2v) is 9.93. The minimum Gasteiger partial charge on any atom is -0.385 e. The Labute approximate surface area is 212 Å². The maximum absolute atomic E-state index is 12.3. The molecule has 1 aromatic carbocycles. The Hall–Kier alpha value is -3.04. The predicted octanol–water partition coefficient (Wildman–Crippen LogP) is 4.15. The number of piperazine rings is 1. The molecule has 0 bridgehead atoms. The highest BCUT2D eigenvalue weighted by molar-refractivity contribution is 5.76. The summed E-state index contributed by atoms with van der Waals surface area (Å²) in [6.45, 7) is 4.92. The number of aromatic nitrogens is 4. The van der Waals surface area contributed by atoms with Crippen molar-refractivity contribution in [2.45, 2.75) is 57.5 Å². The van der Waals surface area contributed by atoms with Crippen molar-refractivity contribution in [3.05, 3.63) is 42.2 Å². The quantitative estimate of drug-likeness (QED) is 0.450. The lowest BCUT2D eigenvalue weighted by molar-refractivity contribution is -0.133. The number of fused-ring (bicyclic) bond motifs is 1. The Morgan fingerprint density at radius 1 is 1.06 bits per heavy atom. The topological polar surface area (TPSA) is 88.4 Å². The van der Waals surface area contributed by atoms with E-state index in [9.17, 15) is 4.79 Å². The van der Waals surface area contributed by atoms with Gasteiger partial charge in [0.25, 0.3) is 0 Å². The highest BCUT2D eigenvalue weighted by atomic mass is 16.5. The first-order valence-corrected chi connectivity index (χ1v) is 13.2. The van der Waals surface area contributed by atoms with Crippen LogP contribution in [0, 0.1) is 0 Å². The molecule has 3 aromatic rings. The van der Waals surface area contributed by atoms with E-state index in [0.29, 0.717) is 25.0 Å². The fourth-order valence-electron chi connectivity index (χ4n) is 5.25. The molecule has 1 aliphatic heterocycles. The lowest BCUT2D eigenvalue weighted by atomic mass is 9.96. The van der Waals surface area contributed by atoms with Gasteiger partial charge in [0.1, 0.15) is 0 Å². The van der Waals surface area contributed by atoms with Gasteiger partial charge in [-0.25, -0.2) is 9.67 Å². The van der Waals surface area contributed by atoms with Gasteiger partial charge in [-0.2, -0.15) is 10.1 Å². The third kappa shape index (κ3) is 6.02. The molecule has 2 aromatic heterocycles. The lowest BCUT2D eigenvalue weighted by Crippen LogP contribution is -2.48. The highest BCUT2D eigenvalue weighted by Crippen LogP contribution is 2.30. The molecule has 2 fully saturated rings. The standard InChI is InChI=1S/C27H37N7O2/c1-36-17-5-8-25(35)33-15-13-32(14-16-33)20-21-9-11-23(12-10-21)30-27-28-18-22-19-29-34(26(22)31-27)24-6-3-2-4-7-24/h9-12,18-19,24H,2-8,13-17,20H2,1H3,(H,28,30,31). The van der Waals surface area contributed by atoms with Crippen LogP contribution in [0.4, 0.5) is 11.6 Å². The Balaban J connectivity index is 1.14. The van der Waals surface area contributed by atoms with Crippen molar-refractivity contribution < 1.29 is 9.53 Å². The second kappa shape index (κ2) is 11.8. The van der Waals surface area contributed by atoms with Crippen LogP contribution in [0.25, 0.3) is 11.0 Å². The van der Waals surface area contributed by atoms with Gasteiger partial charge >= 0.3 is 0 Å². The fourth-order valence-corrected chi connectivity index (χ4v) is 5.25. The molecule has 1 N–H and O–H groups in total. The third-order valence-electron chi connectivity index (χ3n) is 7.34. The normalized spacial score (nSPS) is 17.5. The molecular weight excluding hydrogens is 454 g/mol. The number of rotatable bonds is 9. The fraction of sp³-hybridized carbons (Fsp3) is 0.556. The van der Waals surface area contributed by atoms with E-state index < -0.39 is 0 Å². The van der Waals surface area contributed by atoms with Gasteiger partial charge in [-0.05, 0) is 37.0 Å². The molecule has 1 amide bonds. The van der Waals surface area contributed by atoms with Gasteiger partial charge in [-0.1, -0.05) is 31.4 Å². The molecule has 192 valence electrons. The van der Waals surface area contributed by atoms with Crippen molar-refractivity contribution >= 4 is 28.6 Å². The molecule has 3 heterocycles. The van der Waals surface area contributed by atoms with Gasteiger partial charge in [0.2, 0.25) is 11.9 Å². The molecule has 5 rings (SSSR count).